The Labute approximate surface area is 266 Å². The number of rotatable bonds is 13. The predicted octanol–water partition coefficient (Wildman–Crippen LogP) is 7.64. The van der Waals surface area contributed by atoms with E-state index in [4.69, 9.17) is 32.7 Å². The Balaban J connectivity index is 0.00000295. The molecule has 0 spiro atoms. The van der Waals surface area contributed by atoms with Gasteiger partial charge in [-0.05, 0) is 57.5 Å². The lowest BCUT2D eigenvalue weighted by molar-refractivity contribution is 0.0128. The van der Waals surface area contributed by atoms with Gasteiger partial charge in [-0.15, -0.1) is 23.3 Å². The number of carbonyl (C=O) groups excluding carboxylic acids is 1. The summed E-state index contributed by atoms with van der Waals surface area (Å²) in [6.45, 7) is 12.9. The van der Waals surface area contributed by atoms with Gasteiger partial charge in [0.05, 0.1) is 22.9 Å². The van der Waals surface area contributed by atoms with E-state index in [1.165, 1.54) is 18.2 Å². The Hall–Kier alpha value is -3.51. The molecule has 2 atom stereocenters. The summed E-state index contributed by atoms with van der Waals surface area (Å²) in [5.41, 5.74) is 2.07. The maximum atomic E-state index is 13.1. The van der Waals surface area contributed by atoms with Gasteiger partial charge in [0.15, 0.2) is 6.10 Å². The number of nitrogens with zero attached hydrogens (tertiary/aromatic N) is 2. The first-order valence-corrected chi connectivity index (χ1v) is 15.9. The molecular formula is C33H40Cl2N2O5S. The standard InChI is InChI=1S/C30H36Cl2N2O5S.C3H4/c1-7-10-17-40(36,37)33-29(21(4)9-3)34(6)19-24(39-30(35)26-16-15-23(31)18-27(26)32)20-38-28-14-11-13-22(5)25(28)12-8-2;1-3-2/h7-16,18,21,24H,3,17,19-20H2,1-2,4-6H3;1H,2H3/b10-7-,12-8-,33-29-;. The second-order valence-corrected chi connectivity index (χ2v) is 11.9. The van der Waals surface area contributed by atoms with Crippen LogP contribution >= 0.6 is 23.2 Å². The van der Waals surface area contributed by atoms with E-state index in [-0.39, 0.29) is 35.3 Å². The molecule has 0 aliphatic carbocycles. The summed E-state index contributed by atoms with van der Waals surface area (Å²) < 4.78 is 41.3. The fourth-order valence-corrected chi connectivity index (χ4v) is 5.33. The topological polar surface area (TPSA) is 85.3 Å². The zero-order valence-electron chi connectivity index (χ0n) is 25.5. The summed E-state index contributed by atoms with van der Waals surface area (Å²) >= 11 is 12.2. The highest BCUT2D eigenvalue weighted by molar-refractivity contribution is 7.90. The van der Waals surface area contributed by atoms with E-state index in [0.29, 0.717) is 10.8 Å². The summed E-state index contributed by atoms with van der Waals surface area (Å²) in [5, 5.41) is 0.535. The van der Waals surface area contributed by atoms with Crippen LogP contribution in [0, 0.1) is 25.2 Å². The summed E-state index contributed by atoms with van der Waals surface area (Å²) in [7, 11) is -2.11. The van der Waals surface area contributed by atoms with Gasteiger partial charge in [-0.3, -0.25) is 0 Å². The van der Waals surface area contributed by atoms with Gasteiger partial charge in [0.2, 0.25) is 0 Å². The molecule has 7 nitrogen and oxygen atoms in total. The second-order valence-electron chi connectivity index (χ2n) is 9.41. The number of terminal acetylenes is 1. The minimum Gasteiger partial charge on any atom is -0.489 e. The number of hydrogen-bond acceptors (Lipinski definition) is 5. The van der Waals surface area contributed by atoms with Crippen molar-refractivity contribution < 1.29 is 22.7 Å². The third kappa shape index (κ3) is 12.7. The first-order chi connectivity index (χ1) is 20.3. The molecule has 2 aromatic rings. The van der Waals surface area contributed by atoms with Crippen molar-refractivity contribution in [2.75, 3.05) is 26.0 Å². The van der Waals surface area contributed by atoms with Gasteiger partial charge in [-0.2, -0.15) is 0 Å². The third-order valence-electron chi connectivity index (χ3n) is 5.87. The molecule has 0 heterocycles. The van der Waals surface area contributed by atoms with Crippen molar-refractivity contribution in [2.24, 2.45) is 10.3 Å². The quantitative estimate of drug-likeness (QED) is 0.0731. The summed E-state index contributed by atoms with van der Waals surface area (Å²) in [6.07, 6.45) is 12.4. The van der Waals surface area contributed by atoms with Crippen molar-refractivity contribution in [2.45, 2.75) is 40.7 Å². The number of aryl methyl sites for hydroxylation is 1. The van der Waals surface area contributed by atoms with Crippen molar-refractivity contribution in [3.63, 3.8) is 0 Å². The van der Waals surface area contributed by atoms with Crippen LogP contribution in [0.15, 0.2) is 71.7 Å². The number of likely N-dealkylation sites (N-methyl/N-ethyl adjacent to an activating group) is 1. The molecule has 0 N–H and O–H groups in total. The number of allylic oxidation sites excluding steroid dienone is 2. The van der Waals surface area contributed by atoms with Crippen molar-refractivity contribution in [3.8, 4) is 18.1 Å². The van der Waals surface area contributed by atoms with Crippen molar-refractivity contribution in [3.05, 3.63) is 94.0 Å². The van der Waals surface area contributed by atoms with E-state index in [1.54, 1.807) is 50.9 Å². The van der Waals surface area contributed by atoms with E-state index in [2.05, 4.69) is 23.3 Å². The van der Waals surface area contributed by atoms with E-state index < -0.39 is 28.0 Å². The number of hydrogen-bond donors (Lipinski definition) is 0. The molecule has 0 saturated carbocycles. The molecule has 0 bridgehead atoms. The second kappa shape index (κ2) is 18.9. The van der Waals surface area contributed by atoms with E-state index in [0.717, 1.165) is 11.1 Å². The van der Waals surface area contributed by atoms with Crippen LogP contribution in [0.1, 0.15) is 49.2 Å². The largest absolute Gasteiger partial charge is 0.489 e. The van der Waals surface area contributed by atoms with Gasteiger partial charge in [0.1, 0.15) is 18.2 Å². The Morgan fingerprint density at radius 2 is 1.88 bits per heavy atom. The molecule has 232 valence electrons. The predicted molar refractivity (Wildman–Crippen MR) is 180 cm³/mol. The van der Waals surface area contributed by atoms with Gasteiger partial charge >= 0.3 is 5.97 Å². The normalized spacial score (nSPS) is 13.0. The number of benzene rings is 2. The molecule has 0 aliphatic heterocycles. The number of esters is 1. The van der Waals surface area contributed by atoms with E-state index in [1.807, 2.05) is 44.2 Å². The van der Waals surface area contributed by atoms with Crippen LogP contribution in [0.4, 0.5) is 0 Å². The number of sulfonamides is 1. The molecule has 0 saturated heterocycles. The van der Waals surface area contributed by atoms with Gasteiger partial charge in [-0.1, -0.05) is 72.6 Å². The van der Waals surface area contributed by atoms with Crippen molar-refractivity contribution >= 4 is 51.1 Å². The van der Waals surface area contributed by atoms with Crippen LogP contribution in [-0.2, 0) is 14.8 Å². The molecule has 2 rings (SSSR count). The summed E-state index contributed by atoms with van der Waals surface area (Å²) in [5.74, 6) is 1.83. The molecule has 2 unspecified atom stereocenters. The lowest BCUT2D eigenvalue weighted by Gasteiger charge is -2.29. The molecule has 0 fully saturated rings. The van der Waals surface area contributed by atoms with E-state index >= 15 is 0 Å². The van der Waals surface area contributed by atoms with Crippen molar-refractivity contribution in [1.82, 2.24) is 4.90 Å². The highest BCUT2D eigenvalue weighted by Crippen LogP contribution is 2.25. The van der Waals surface area contributed by atoms with Gasteiger partial charge in [-0.25, -0.2) is 13.2 Å². The molecule has 10 heteroatoms. The highest BCUT2D eigenvalue weighted by atomic mass is 35.5. The minimum atomic E-state index is -3.79. The number of amidine groups is 1. The first kappa shape index (κ1) is 37.5. The molecular weight excluding hydrogens is 607 g/mol. The maximum Gasteiger partial charge on any atom is 0.340 e. The molecule has 0 aromatic heterocycles. The van der Waals surface area contributed by atoms with Crippen LogP contribution < -0.4 is 4.74 Å². The third-order valence-corrected chi connectivity index (χ3v) is 7.50. The first-order valence-electron chi connectivity index (χ1n) is 13.5. The van der Waals surface area contributed by atoms with Crippen LogP contribution in [0.3, 0.4) is 0 Å². The minimum absolute atomic E-state index is 0.0175. The number of carbonyl (C=O) groups is 1. The van der Waals surface area contributed by atoms with Gasteiger partial charge < -0.3 is 14.4 Å². The van der Waals surface area contributed by atoms with Crippen LogP contribution in [-0.4, -0.2) is 57.2 Å². The van der Waals surface area contributed by atoms with Gasteiger partial charge in [0, 0.05) is 23.6 Å². The summed E-state index contributed by atoms with van der Waals surface area (Å²) in [4.78, 5) is 14.8. The van der Waals surface area contributed by atoms with Crippen LogP contribution in [0.25, 0.3) is 6.08 Å². The molecule has 43 heavy (non-hydrogen) atoms. The monoisotopic (exact) mass is 646 g/mol. The lowest BCUT2D eigenvalue weighted by atomic mass is 10.1. The SMILES string of the molecule is C#CC.C=CC(C)/C(=N/S(=O)(=O)C/C=C\C)N(C)CC(COc1cccc(C)c1/C=C\C)OC(=O)c1ccc(Cl)cc1Cl. The highest BCUT2D eigenvalue weighted by Gasteiger charge is 2.25. The fraction of sp³-hybridized carbons (Fsp3) is 0.333. The average Bonchev–Trinajstić information content (AvgIpc) is 2.95. The Morgan fingerprint density at radius 1 is 1.21 bits per heavy atom. The summed E-state index contributed by atoms with van der Waals surface area (Å²) in [6, 6.07) is 10.2. The Bertz CT molecular complexity index is 1480. The smallest absolute Gasteiger partial charge is 0.340 e. The van der Waals surface area contributed by atoms with Crippen molar-refractivity contribution in [1.29, 1.82) is 0 Å². The van der Waals surface area contributed by atoms with Crippen LogP contribution in [0.5, 0.6) is 5.75 Å². The average molecular weight is 648 g/mol. The Kier molecular flexibility index (Phi) is 16.5. The van der Waals surface area contributed by atoms with Gasteiger partial charge in [0.25, 0.3) is 10.0 Å². The fourth-order valence-electron chi connectivity index (χ4n) is 3.74. The molecule has 2 aromatic carbocycles. The lowest BCUT2D eigenvalue weighted by Crippen LogP contribution is -2.42. The van der Waals surface area contributed by atoms with Crippen LogP contribution in [0.2, 0.25) is 10.0 Å². The van der Waals surface area contributed by atoms with E-state index in [9.17, 15) is 13.2 Å². The zero-order chi connectivity index (χ0) is 32.6. The number of halogens is 2. The molecule has 0 amide bonds. The number of ether oxygens (including phenoxy) is 2. The maximum absolute atomic E-state index is 13.1. The molecule has 0 radical (unpaired) electrons. The zero-order valence-corrected chi connectivity index (χ0v) is 27.8. The Morgan fingerprint density at radius 3 is 2.47 bits per heavy atom. The molecule has 0 aliphatic rings.